The van der Waals surface area contributed by atoms with Crippen molar-refractivity contribution >= 4 is 11.8 Å². The highest BCUT2D eigenvalue weighted by Gasteiger charge is 2.62. The highest BCUT2D eigenvalue weighted by molar-refractivity contribution is 5.87. The van der Waals surface area contributed by atoms with E-state index >= 15 is 0 Å². The normalized spacial score (nSPS) is 22.2. The topological polar surface area (TPSA) is 69.6 Å². The van der Waals surface area contributed by atoms with Crippen molar-refractivity contribution in [1.82, 2.24) is 10.2 Å². The first-order valence-electron chi connectivity index (χ1n) is 10.8. The molecule has 1 spiro atoms. The van der Waals surface area contributed by atoms with Gasteiger partial charge in [-0.25, -0.2) is 8.78 Å². The van der Waals surface area contributed by atoms with Crippen LogP contribution in [0.3, 0.4) is 0 Å². The molecule has 2 heterocycles. The first kappa shape index (κ1) is 24.1. The number of piperidine rings is 2. The molecule has 2 fully saturated rings. The Morgan fingerprint density at radius 3 is 2.03 bits per heavy atom. The van der Waals surface area contributed by atoms with Gasteiger partial charge in [-0.2, -0.15) is 13.2 Å². The Hall–Kier alpha value is -3.01. The zero-order valence-electron chi connectivity index (χ0n) is 18.0. The Labute approximate surface area is 192 Å². The van der Waals surface area contributed by atoms with E-state index in [2.05, 4.69) is 5.32 Å². The predicted molar refractivity (Wildman–Crippen MR) is 111 cm³/mol. The van der Waals surface area contributed by atoms with Crippen LogP contribution in [-0.4, -0.2) is 47.6 Å². The number of hydrogen-bond donors (Lipinski definition) is 2. The summed E-state index contributed by atoms with van der Waals surface area (Å²) in [7, 11) is 0. The second-order valence-electron chi connectivity index (χ2n) is 8.95. The molecular formula is C24H23F5N2O3. The van der Waals surface area contributed by atoms with Gasteiger partial charge in [0.15, 0.2) is 0 Å². The summed E-state index contributed by atoms with van der Waals surface area (Å²) in [5.41, 5.74) is -4.43. The number of halogens is 5. The van der Waals surface area contributed by atoms with E-state index in [-0.39, 0.29) is 44.2 Å². The molecule has 2 atom stereocenters. The summed E-state index contributed by atoms with van der Waals surface area (Å²) in [6, 6.07) is 8.83. The van der Waals surface area contributed by atoms with Crippen molar-refractivity contribution in [3.8, 4) is 0 Å². The minimum Gasteiger partial charge on any atom is -0.369 e. The number of carbonyl (C=O) groups excluding carboxylic acids is 2. The second-order valence-corrected chi connectivity index (χ2v) is 8.95. The molecule has 5 nitrogen and oxygen atoms in total. The molecule has 0 saturated carbocycles. The van der Waals surface area contributed by atoms with Crippen molar-refractivity contribution in [3.63, 3.8) is 0 Å². The molecule has 2 aromatic rings. The Bertz CT molecular complexity index is 1060. The van der Waals surface area contributed by atoms with Crippen molar-refractivity contribution in [2.75, 3.05) is 19.6 Å². The molecule has 1 unspecified atom stereocenters. The third kappa shape index (κ3) is 4.15. The maximum Gasteiger partial charge on any atom is 0.430 e. The molecule has 0 bridgehead atoms. The first-order valence-corrected chi connectivity index (χ1v) is 10.8. The number of carbonyl (C=O) groups is 2. The van der Waals surface area contributed by atoms with E-state index in [1.54, 1.807) is 12.1 Å². The summed E-state index contributed by atoms with van der Waals surface area (Å²) in [5.74, 6) is -3.16. The summed E-state index contributed by atoms with van der Waals surface area (Å²) < 4.78 is 68.5. The molecule has 182 valence electrons. The van der Waals surface area contributed by atoms with E-state index < -0.39 is 40.3 Å². The Kier molecular flexibility index (Phi) is 6.14. The molecule has 0 aromatic heterocycles. The lowest BCUT2D eigenvalue weighted by Gasteiger charge is -2.50. The molecule has 0 radical (unpaired) electrons. The lowest BCUT2D eigenvalue weighted by molar-refractivity contribution is -0.262. The molecule has 0 aliphatic carbocycles. The average Bonchev–Trinajstić information content (AvgIpc) is 2.79. The van der Waals surface area contributed by atoms with Gasteiger partial charge in [0, 0.05) is 37.5 Å². The Balaban J connectivity index is 1.59. The van der Waals surface area contributed by atoms with Crippen molar-refractivity contribution in [3.05, 3.63) is 71.3 Å². The van der Waals surface area contributed by atoms with Gasteiger partial charge in [0.05, 0.1) is 0 Å². The van der Waals surface area contributed by atoms with Gasteiger partial charge in [-0.15, -0.1) is 0 Å². The smallest absolute Gasteiger partial charge is 0.369 e. The van der Waals surface area contributed by atoms with E-state index in [4.69, 9.17) is 0 Å². The van der Waals surface area contributed by atoms with E-state index in [1.165, 1.54) is 12.1 Å². The molecule has 10 heteroatoms. The van der Waals surface area contributed by atoms with Gasteiger partial charge in [-0.1, -0.05) is 24.3 Å². The van der Waals surface area contributed by atoms with Crippen LogP contribution in [0.15, 0.2) is 48.5 Å². The molecule has 2 N–H and O–H groups in total. The highest BCUT2D eigenvalue weighted by atomic mass is 19.4. The van der Waals surface area contributed by atoms with Crippen LogP contribution in [0.1, 0.15) is 36.3 Å². The zero-order valence-corrected chi connectivity index (χ0v) is 18.0. The van der Waals surface area contributed by atoms with Crippen LogP contribution in [0.5, 0.6) is 0 Å². The minimum atomic E-state index is -5.33. The van der Waals surface area contributed by atoms with E-state index in [0.717, 1.165) is 34.7 Å². The number of alkyl halides is 3. The lowest BCUT2D eigenvalue weighted by Crippen LogP contribution is -2.59. The summed E-state index contributed by atoms with van der Waals surface area (Å²) in [6.45, 7) is 0.0767. The summed E-state index contributed by atoms with van der Waals surface area (Å²) in [4.78, 5) is 26.2. The van der Waals surface area contributed by atoms with Crippen LogP contribution in [0.4, 0.5) is 22.0 Å². The summed E-state index contributed by atoms with van der Waals surface area (Å²) in [5, 5.41) is 13.4. The number of hydrogen-bond acceptors (Lipinski definition) is 3. The predicted octanol–water partition coefficient (Wildman–Crippen LogP) is 3.63. The van der Waals surface area contributed by atoms with Crippen molar-refractivity contribution in [2.24, 2.45) is 5.41 Å². The Morgan fingerprint density at radius 1 is 0.971 bits per heavy atom. The van der Waals surface area contributed by atoms with Crippen molar-refractivity contribution in [1.29, 1.82) is 0 Å². The number of likely N-dealkylation sites (tertiary alicyclic amines) is 1. The first-order chi connectivity index (χ1) is 16.0. The number of nitrogens with one attached hydrogen (secondary N) is 1. The van der Waals surface area contributed by atoms with Gasteiger partial charge < -0.3 is 15.3 Å². The van der Waals surface area contributed by atoms with Crippen LogP contribution in [0.25, 0.3) is 0 Å². The second kappa shape index (κ2) is 8.65. The van der Waals surface area contributed by atoms with Crippen molar-refractivity contribution in [2.45, 2.75) is 37.0 Å². The summed E-state index contributed by atoms with van der Waals surface area (Å²) in [6.07, 6.45) is -4.76. The van der Waals surface area contributed by atoms with Gasteiger partial charge in [-0.3, -0.25) is 9.59 Å². The summed E-state index contributed by atoms with van der Waals surface area (Å²) >= 11 is 0. The van der Waals surface area contributed by atoms with Crippen molar-refractivity contribution < 1.29 is 36.6 Å². The number of amides is 2. The fraction of sp³-hybridized carbons (Fsp3) is 0.417. The maximum atomic E-state index is 13.9. The zero-order chi connectivity index (χ0) is 24.7. The molecule has 2 amide bonds. The third-order valence-electron chi connectivity index (χ3n) is 7.06. The minimum absolute atomic E-state index is 0.108. The Morgan fingerprint density at radius 2 is 1.50 bits per heavy atom. The van der Waals surface area contributed by atoms with Crippen LogP contribution in [0.2, 0.25) is 0 Å². The maximum absolute atomic E-state index is 13.9. The van der Waals surface area contributed by atoms with Gasteiger partial charge in [-0.05, 0) is 48.1 Å². The molecule has 2 saturated heterocycles. The highest BCUT2D eigenvalue weighted by Crippen LogP contribution is 2.50. The number of benzene rings is 2. The fourth-order valence-electron chi connectivity index (χ4n) is 5.11. The van der Waals surface area contributed by atoms with Crippen LogP contribution >= 0.6 is 0 Å². The molecule has 2 aromatic carbocycles. The number of nitrogens with zero attached hydrogens (tertiary/aromatic N) is 1. The third-order valence-corrected chi connectivity index (χ3v) is 7.06. The fourth-order valence-corrected chi connectivity index (χ4v) is 5.11. The molecule has 4 rings (SSSR count). The largest absolute Gasteiger partial charge is 0.430 e. The SMILES string of the molecule is O=C1CC2(CCN(C(=O)C(O)(c3ccc(F)cc3)C(F)(F)F)CC2)[C@H](c2ccc(F)cc2)CN1. The van der Waals surface area contributed by atoms with Crippen LogP contribution in [0, 0.1) is 17.0 Å². The van der Waals surface area contributed by atoms with E-state index in [9.17, 15) is 36.6 Å². The van der Waals surface area contributed by atoms with Gasteiger partial charge >= 0.3 is 6.18 Å². The number of aliphatic hydroxyl groups is 1. The van der Waals surface area contributed by atoms with Crippen LogP contribution < -0.4 is 5.32 Å². The monoisotopic (exact) mass is 482 g/mol. The molecule has 2 aliphatic heterocycles. The van der Waals surface area contributed by atoms with E-state index in [1.807, 2.05) is 0 Å². The van der Waals surface area contributed by atoms with E-state index in [0.29, 0.717) is 6.54 Å². The number of rotatable bonds is 3. The molecular weight excluding hydrogens is 459 g/mol. The van der Waals surface area contributed by atoms with Crippen LogP contribution in [-0.2, 0) is 15.2 Å². The molecule has 34 heavy (non-hydrogen) atoms. The quantitative estimate of drug-likeness (QED) is 0.657. The standard InChI is InChI=1S/C24H23F5N2O3/c25-17-5-1-15(2-6-17)19-14-30-20(32)13-22(19)9-11-31(12-10-22)21(33)23(34,24(27,28)29)16-3-7-18(26)8-4-16/h1-8,19,34H,9-14H2,(H,30,32)/t19-,23?/m0/s1. The van der Waals surface area contributed by atoms with Gasteiger partial charge in [0.1, 0.15) is 11.6 Å². The van der Waals surface area contributed by atoms with Gasteiger partial charge in [0.25, 0.3) is 11.5 Å². The average molecular weight is 482 g/mol. The lowest BCUT2D eigenvalue weighted by atomic mass is 9.62. The van der Waals surface area contributed by atoms with Gasteiger partial charge in [0.2, 0.25) is 5.91 Å². The molecule has 2 aliphatic rings.